The second-order valence-electron chi connectivity index (χ2n) is 4.36. The van der Waals surface area contributed by atoms with Gasteiger partial charge in [0.05, 0.1) is 0 Å². The first-order chi connectivity index (χ1) is 4.67. The molecule has 0 aromatic heterocycles. The molecule has 0 heterocycles. The van der Waals surface area contributed by atoms with Gasteiger partial charge in [0, 0.05) is 5.54 Å². The quantitative estimate of drug-likeness (QED) is 0.596. The molecule has 0 spiro atoms. The summed E-state index contributed by atoms with van der Waals surface area (Å²) in [6.45, 7) is 10.1. The largest absolute Gasteiger partial charge is 0.352 e. The van der Waals surface area contributed by atoms with Crippen molar-refractivity contribution in [2.24, 2.45) is 11.1 Å². The van der Waals surface area contributed by atoms with Gasteiger partial charge in [0.15, 0.2) is 0 Å². The number of rotatable bonds is 1. The minimum atomic E-state index is -0.468. The van der Waals surface area contributed by atoms with E-state index in [4.69, 9.17) is 5.73 Å². The SMILES string of the molecule is CC(C)(C)C(C)(C)NC(N)=O. The summed E-state index contributed by atoms with van der Waals surface area (Å²) in [4.78, 5) is 10.6. The van der Waals surface area contributed by atoms with Gasteiger partial charge in [0.2, 0.25) is 0 Å². The van der Waals surface area contributed by atoms with Crippen molar-refractivity contribution in [2.75, 3.05) is 0 Å². The minimum absolute atomic E-state index is 0.0159. The van der Waals surface area contributed by atoms with E-state index in [2.05, 4.69) is 26.1 Å². The number of urea groups is 1. The number of carbonyl (C=O) groups is 1. The molecule has 0 radical (unpaired) electrons. The number of nitrogens with one attached hydrogen (secondary N) is 1. The lowest BCUT2D eigenvalue weighted by Crippen LogP contribution is -2.54. The summed E-state index contributed by atoms with van der Waals surface area (Å²) in [5.74, 6) is 0. The Morgan fingerprint density at radius 1 is 1.18 bits per heavy atom. The Morgan fingerprint density at radius 3 is 1.64 bits per heavy atom. The van der Waals surface area contributed by atoms with Gasteiger partial charge >= 0.3 is 6.03 Å². The number of amides is 2. The fourth-order valence-electron chi connectivity index (χ4n) is 0.495. The molecule has 0 aliphatic carbocycles. The van der Waals surface area contributed by atoms with E-state index < -0.39 is 6.03 Å². The van der Waals surface area contributed by atoms with Crippen LogP contribution in [0.25, 0.3) is 0 Å². The summed E-state index contributed by atoms with van der Waals surface area (Å²) in [5.41, 5.74) is 4.78. The summed E-state index contributed by atoms with van der Waals surface area (Å²) in [7, 11) is 0. The van der Waals surface area contributed by atoms with Gasteiger partial charge in [-0.25, -0.2) is 4.79 Å². The molecular weight excluding hydrogens is 140 g/mol. The summed E-state index contributed by atoms with van der Waals surface area (Å²) in [6, 6.07) is -0.468. The predicted molar refractivity (Wildman–Crippen MR) is 46.3 cm³/mol. The van der Waals surface area contributed by atoms with E-state index in [-0.39, 0.29) is 11.0 Å². The van der Waals surface area contributed by atoms with Gasteiger partial charge in [-0.1, -0.05) is 20.8 Å². The maximum atomic E-state index is 10.6. The highest BCUT2D eigenvalue weighted by Crippen LogP contribution is 2.28. The predicted octanol–water partition coefficient (Wildman–Crippen LogP) is 1.48. The van der Waals surface area contributed by atoms with Crippen molar-refractivity contribution in [3.05, 3.63) is 0 Å². The fourth-order valence-corrected chi connectivity index (χ4v) is 0.495. The minimum Gasteiger partial charge on any atom is -0.352 e. The van der Waals surface area contributed by atoms with E-state index in [1.165, 1.54) is 0 Å². The highest BCUT2D eigenvalue weighted by molar-refractivity contribution is 5.72. The van der Waals surface area contributed by atoms with Crippen molar-refractivity contribution in [2.45, 2.75) is 40.2 Å². The summed E-state index contributed by atoms with van der Waals surface area (Å²) in [6.07, 6.45) is 0. The fraction of sp³-hybridized carbons (Fsp3) is 0.875. The second kappa shape index (κ2) is 2.72. The molecule has 0 fully saturated rings. The van der Waals surface area contributed by atoms with E-state index >= 15 is 0 Å². The molecule has 0 atom stereocenters. The van der Waals surface area contributed by atoms with Crippen LogP contribution < -0.4 is 11.1 Å². The number of hydrogen-bond acceptors (Lipinski definition) is 1. The van der Waals surface area contributed by atoms with Gasteiger partial charge in [-0.05, 0) is 19.3 Å². The van der Waals surface area contributed by atoms with E-state index in [0.29, 0.717) is 0 Å². The summed E-state index contributed by atoms with van der Waals surface area (Å²) >= 11 is 0. The molecule has 0 saturated carbocycles. The lowest BCUT2D eigenvalue weighted by molar-refractivity contribution is 0.176. The first-order valence-electron chi connectivity index (χ1n) is 3.74. The number of primary amides is 1. The van der Waals surface area contributed by atoms with Gasteiger partial charge in [0.25, 0.3) is 0 Å². The van der Waals surface area contributed by atoms with Crippen molar-refractivity contribution in [3.8, 4) is 0 Å². The van der Waals surface area contributed by atoms with Crippen LogP contribution in [0.5, 0.6) is 0 Å². The van der Waals surface area contributed by atoms with Crippen LogP contribution in [0.4, 0.5) is 4.79 Å². The maximum Gasteiger partial charge on any atom is 0.312 e. The van der Waals surface area contributed by atoms with Crippen LogP contribution in [-0.4, -0.2) is 11.6 Å². The Bertz CT molecular complexity index is 156. The van der Waals surface area contributed by atoms with E-state index in [1.807, 2.05) is 13.8 Å². The molecule has 3 nitrogen and oxygen atoms in total. The average molecular weight is 158 g/mol. The Balaban J connectivity index is 4.34. The topological polar surface area (TPSA) is 55.1 Å². The van der Waals surface area contributed by atoms with E-state index in [9.17, 15) is 4.79 Å². The molecule has 2 amide bonds. The molecule has 0 rings (SSSR count). The van der Waals surface area contributed by atoms with Crippen LogP contribution in [0.1, 0.15) is 34.6 Å². The lowest BCUT2D eigenvalue weighted by Gasteiger charge is -2.38. The third-order valence-electron chi connectivity index (χ3n) is 2.31. The van der Waals surface area contributed by atoms with Crippen LogP contribution in [-0.2, 0) is 0 Å². The average Bonchev–Trinajstić information content (AvgIpc) is 1.56. The molecule has 11 heavy (non-hydrogen) atoms. The van der Waals surface area contributed by atoms with Crippen molar-refractivity contribution in [1.29, 1.82) is 0 Å². The Labute approximate surface area is 68.3 Å². The summed E-state index contributed by atoms with van der Waals surface area (Å²) < 4.78 is 0. The van der Waals surface area contributed by atoms with Gasteiger partial charge in [-0.2, -0.15) is 0 Å². The zero-order valence-electron chi connectivity index (χ0n) is 7.99. The molecule has 0 aliphatic rings. The Kier molecular flexibility index (Phi) is 2.54. The third kappa shape index (κ3) is 2.78. The first-order valence-corrected chi connectivity index (χ1v) is 3.74. The van der Waals surface area contributed by atoms with Gasteiger partial charge in [0.1, 0.15) is 0 Å². The Morgan fingerprint density at radius 2 is 1.55 bits per heavy atom. The molecule has 0 unspecified atom stereocenters. The van der Waals surface area contributed by atoms with Gasteiger partial charge in [-0.3, -0.25) is 0 Å². The first kappa shape index (κ1) is 10.3. The van der Waals surface area contributed by atoms with Crippen molar-refractivity contribution < 1.29 is 4.79 Å². The van der Waals surface area contributed by atoms with Crippen LogP contribution >= 0.6 is 0 Å². The number of nitrogens with two attached hydrogens (primary N) is 1. The normalized spacial score (nSPS) is 12.8. The molecule has 0 aromatic rings. The number of carbonyl (C=O) groups excluding carboxylic acids is 1. The van der Waals surface area contributed by atoms with Gasteiger partial charge in [-0.15, -0.1) is 0 Å². The highest BCUT2D eigenvalue weighted by atomic mass is 16.2. The molecule has 0 saturated heterocycles. The Hall–Kier alpha value is -0.730. The maximum absolute atomic E-state index is 10.6. The van der Waals surface area contributed by atoms with Crippen LogP contribution in [0.15, 0.2) is 0 Å². The second-order valence-corrected chi connectivity index (χ2v) is 4.36. The van der Waals surface area contributed by atoms with Crippen LogP contribution in [0.2, 0.25) is 0 Å². The summed E-state index contributed by atoms with van der Waals surface area (Å²) in [5, 5.41) is 2.70. The van der Waals surface area contributed by atoms with Crippen LogP contribution in [0, 0.1) is 5.41 Å². The van der Waals surface area contributed by atoms with Crippen molar-refractivity contribution in [1.82, 2.24) is 5.32 Å². The monoisotopic (exact) mass is 158 g/mol. The molecule has 0 aromatic carbocycles. The number of hydrogen-bond donors (Lipinski definition) is 2. The van der Waals surface area contributed by atoms with Crippen molar-refractivity contribution in [3.63, 3.8) is 0 Å². The zero-order chi connectivity index (χ0) is 9.28. The van der Waals surface area contributed by atoms with Gasteiger partial charge < -0.3 is 11.1 Å². The highest BCUT2D eigenvalue weighted by Gasteiger charge is 2.33. The van der Waals surface area contributed by atoms with Crippen LogP contribution in [0.3, 0.4) is 0 Å². The molecule has 66 valence electrons. The molecule has 0 aliphatic heterocycles. The molecule has 3 N–H and O–H groups in total. The molecule has 3 heteroatoms. The standard InChI is InChI=1S/C8H18N2O/c1-7(2,3)8(4,5)10-6(9)11/h1-5H3,(H3,9,10,11). The van der Waals surface area contributed by atoms with E-state index in [0.717, 1.165) is 0 Å². The van der Waals surface area contributed by atoms with Crippen molar-refractivity contribution >= 4 is 6.03 Å². The zero-order valence-corrected chi connectivity index (χ0v) is 7.99. The van der Waals surface area contributed by atoms with E-state index in [1.54, 1.807) is 0 Å². The lowest BCUT2D eigenvalue weighted by atomic mass is 9.76. The molecule has 0 bridgehead atoms. The molecular formula is C8H18N2O. The smallest absolute Gasteiger partial charge is 0.312 e. The third-order valence-corrected chi connectivity index (χ3v) is 2.31.